The first-order chi connectivity index (χ1) is 18.5. The third kappa shape index (κ3) is 5.12. The van der Waals surface area contributed by atoms with Crippen LogP contribution in [-0.4, -0.2) is 50.4 Å². The number of nitrogens with one attached hydrogen (secondary N) is 1. The molecule has 1 aromatic heterocycles. The van der Waals surface area contributed by atoms with Crippen LogP contribution in [0.5, 0.6) is 0 Å². The van der Waals surface area contributed by atoms with Crippen LogP contribution in [0, 0.1) is 6.92 Å². The van der Waals surface area contributed by atoms with Gasteiger partial charge in [0.2, 0.25) is 0 Å². The molecule has 1 fully saturated rings. The monoisotopic (exact) mass is 542 g/mol. The van der Waals surface area contributed by atoms with E-state index >= 15 is 0 Å². The summed E-state index contributed by atoms with van der Waals surface area (Å²) in [6.07, 6.45) is 0.929. The smallest absolute Gasteiger partial charge is 0.261 e. The Morgan fingerprint density at radius 3 is 2.45 bits per heavy atom. The van der Waals surface area contributed by atoms with E-state index in [-0.39, 0.29) is 4.90 Å². The third-order valence-electron chi connectivity index (χ3n) is 7.31. The number of rotatable bonds is 7. The minimum absolute atomic E-state index is 0.268. The molecule has 1 saturated heterocycles. The van der Waals surface area contributed by atoms with Crippen molar-refractivity contribution in [3.8, 4) is 0 Å². The molecule has 0 radical (unpaired) electrons. The van der Waals surface area contributed by atoms with Gasteiger partial charge in [0.05, 0.1) is 15.3 Å². The highest BCUT2D eigenvalue weighted by Gasteiger charge is 2.21. The lowest BCUT2D eigenvalue weighted by atomic mass is 10.1. The van der Waals surface area contributed by atoms with Crippen LogP contribution < -0.4 is 9.62 Å². The molecule has 1 aliphatic heterocycles. The average Bonchev–Trinajstić information content (AvgIpc) is 3.37. The summed E-state index contributed by atoms with van der Waals surface area (Å²) >= 11 is 1.57. The molecule has 0 amide bonds. The molecule has 38 heavy (non-hydrogen) atoms. The van der Waals surface area contributed by atoms with Gasteiger partial charge in [-0.1, -0.05) is 54.6 Å². The zero-order valence-electron chi connectivity index (χ0n) is 21.3. The lowest BCUT2D eigenvalue weighted by Gasteiger charge is -2.35. The topological polar surface area (TPSA) is 65.5 Å². The van der Waals surface area contributed by atoms with Gasteiger partial charge in [-0.05, 0) is 77.1 Å². The number of fused-ring (bicyclic) bond motifs is 2. The Hall–Kier alpha value is -3.46. The molecule has 194 valence electrons. The van der Waals surface area contributed by atoms with Crippen molar-refractivity contribution >= 4 is 53.9 Å². The number of aromatic nitrogens is 1. The molecule has 0 bridgehead atoms. The number of hydrogen-bond acceptors (Lipinski definition) is 6. The molecule has 0 spiro atoms. The average molecular weight is 543 g/mol. The predicted molar refractivity (Wildman–Crippen MR) is 158 cm³/mol. The molecule has 0 aliphatic carbocycles. The third-order valence-corrected chi connectivity index (χ3v) is 9.49. The van der Waals surface area contributed by atoms with Gasteiger partial charge in [-0.2, -0.15) is 4.37 Å². The summed E-state index contributed by atoms with van der Waals surface area (Å²) in [6.45, 7) is 6.90. The summed E-state index contributed by atoms with van der Waals surface area (Å²) < 4.78 is 34.9. The molecule has 6 rings (SSSR count). The SMILES string of the molecule is Cc1cc(CCN2CCN(c3nsc4ccccc34)CC2)ccc1NS(=O)(=O)c1ccc2ccccc2c1. The maximum Gasteiger partial charge on any atom is 0.261 e. The van der Waals surface area contributed by atoms with Gasteiger partial charge in [0.1, 0.15) is 5.82 Å². The van der Waals surface area contributed by atoms with Crippen molar-refractivity contribution in [2.24, 2.45) is 0 Å². The van der Waals surface area contributed by atoms with Crippen molar-refractivity contribution in [2.45, 2.75) is 18.2 Å². The van der Waals surface area contributed by atoms with Crippen molar-refractivity contribution in [3.63, 3.8) is 0 Å². The van der Waals surface area contributed by atoms with E-state index in [1.165, 1.54) is 15.6 Å². The number of anilines is 2. The first-order valence-corrected chi connectivity index (χ1v) is 15.1. The second-order valence-electron chi connectivity index (χ2n) is 9.84. The van der Waals surface area contributed by atoms with E-state index < -0.39 is 10.0 Å². The first-order valence-electron chi connectivity index (χ1n) is 12.9. The summed E-state index contributed by atoms with van der Waals surface area (Å²) in [4.78, 5) is 5.16. The van der Waals surface area contributed by atoms with Crippen LogP contribution >= 0.6 is 11.5 Å². The molecule has 4 aromatic carbocycles. The Morgan fingerprint density at radius 1 is 0.868 bits per heavy atom. The van der Waals surface area contributed by atoms with Crippen molar-refractivity contribution in [2.75, 3.05) is 42.3 Å². The van der Waals surface area contributed by atoms with Crippen molar-refractivity contribution in [1.29, 1.82) is 0 Å². The molecule has 0 saturated carbocycles. The summed E-state index contributed by atoms with van der Waals surface area (Å²) in [5.41, 5.74) is 2.75. The highest BCUT2D eigenvalue weighted by molar-refractivity contribution is 7.92. The molecule has 2 heterocycles. The number of sulfonamides is 1. The summed E-state index contributed by atoms with van der Waals surface area (Å²) in [5, 5.41) is 3.17. The quantitative estimate of drug-likeness (QED) is 0.276. The first kappa shape index (κ1) is 24.9. The van der Waals surface area contributed by atoms with Crippen LogP contribution in [-0.2, 0) is 16.4 Å². The van der Waals surface area contributed by atoms with Gasteiger partial charge in [0.15, 0.2) is 0 Å². The molecule has 1 N–H and O–H groups in total. The van der Waals surface area contributed by atoms with Gasteiger partial charge in [-0.15, -0.1) is 0 Å². The number of benzene rings is 4. The van der Waals surface area contributed by atoms with Crippen LogP contribution in [0.15, 0.2) is 89.8 Å². The highest BCUT2D eigenvalue weighted by Crippen LogP contribution is 2.30. The number of hydrogen-bond donors (Lipinski definition) is 1. The molecule has 8 heteroatoms. The second kappa shape index (κ2) is 10.4. The van der Waals surface area contributed by atoms with Crippen LogP contribution in [0.2, 0.25) is 0 Å². The molecule has 0 unspecified atom stereocenters. The maximum atomic E-state index is 13.1. The van der Waals surface area contributed by atoms with Crippen molar-refractivity contribution in [1.82, 2.24) is 9.27 Å². The largest absolute Gasteiger partial charge is 0.353 e. The zero-order chi connectivity index (χ0) is 26.1. The van der Waals surface area contributed by atoms with Gasteiger partial charge in [0.25, 0.3) is 10.0 Å². The lowest BCUT2D eigenvalue weighted by molar-refractivity contribution is 0.261. The molecule has 5 aromatic rings. The van der Waals surface area contributed by atoms with Gasteiger partial charge >= 0.3 is 0 Å². The van der Waals surface area contributed by atoms with E-state index in [9.17, 15) is 8.42 Å². The Balaban J connectivity index is 1.06. The summed E-state index contributed by atoms with van der Waals surface area (Å²) in [6, 6.07) is 27.4. The second-order valence-corrected chi connectivity index (χ2v) is 12.3. The number of aryl methyl sites for hydroxylation is 1. The maximum absolute atomic E-state index is 13.1. The van der Waals surface area contributed by atoms with Crippen LogP contribution in [0.1, 0.15) is 11.1 Å². The van der Waals surface area contributed by atoms with E-state index in [0.717, 1.165) is 61.3 Å². The van der Waals surface area contributed by atoms with Crippen LogP contribution in [0.3, 0.4) is 0 Å². The standard InChI is InChI=1S/C30H30N4O2S2/c1-22-20-23(10-13-28(22)32-38(35,36)26-12-11-24-6-2-3-7-25(24)21-26)14-15-33-16-18-34(19-17-33)30-27-8-4-5-9-29(27)37-31-30/h2-13,20-21,32H,14-19H2,1H3. The summed E-state index contributed by atoms with van der Waals surface area (Å²) in [7, 11) is -3.67. The minimum atomic E-state index is -3.67. The fourth-order valence-electron chi connectivity index (χ4n) is 5.11. The Kier molecular flexibility index (Phi) is 6.78. The molecular weight excluding hydrogens is 512 g/mol. The molecule has 1 aliphatic rings. The van der Waals surface area contributed by atoms with Crippen LogP contribution in [0.4, 0.5) is 11.5 Å². The fourth-order valence-corrected chi connectivity index (χ4v) is 7.07. The number of nitrogens with zero attached hydrogens (tertiary/aromatic N) is 3. The van der Waals surface area contributed by atoms with E-state index in [2.05, 4.69) is 44.9 Å². The van der Waals surface area contributed by atoms with E-state index in [1.54, 1.807) is 23.7 Å². The van der Waals surface area contributed by atoms with E-state index in [0.29, 0.717) is 5.69 Å². The Bertz CT molecular complexity index is 1710. The molecule has 6 nitrogen and oxygen atoms in total. The lowest BCUT2D eigenvalue weighted by Crippen LogP contribution is -2.47. The highest BCUT2D eigenvalue weighted by atomic mass is 32.2. The van der Waals surface area contributed by atoms with E-state index in [1.807, 2.05) is 49.4 Å². The molecular formula is C30H30N4O2S2. The Morgan fingerprint density at radius 2 is 1.63 bits per heavy atom. The van der Waals surface area contributed by atoms with Gasteiger partial charge in [0, 0.05) is 38.1 Å². The minimum Gasteiger partial charge on any atom is -0.353 e. The van der Waals surface area contributed by atoms with Gasteiger partial charge < -0.3 is 4.90 Å². The summed E-state index contributed by atoms with van der Waals surface area (Å²) in [5.74, 6) is 1.11. The zero-order valence-corrected chi connectivity index (χ0v) is 22.9. The Labute approximate surface area is 227 Å². The van der Waals surface area contributed by atoms with Gasteiger partial charge in [-0.3, -0.25) is 9.62 Å². The van der Waals surface area contributed by atoms with Crippen molar-refractivity contribution in [3.05, 3.63) is 96.1 Å². The van der Waals surface area contributed by atoms with Crippen molar-refractivity contribution < 1.29 is 8.42 Å². The fraction of sp³-hybridized carbons (Fsp3) is 0.233. The number of piperazine rings is 1. The predicted octanol–water partition coefficient (Wildman–Crippen LogP) is 5.92. The normalized spacial score (nSPS) is 14.8. The van der Waals surface area contributed by atoms with Gasteiger partial charge in [-0.25, -0.2) is 8.42 Å². The molecule has 0 atom stereocenters. The van der Waals surface area contributed by atoms with E-state index in [4.69, 9.17) is 4.37 Å². The van der Waals surface area contributed by atoms with Crippen LogP contribution in [0.25, 0.3) is 20.9 Å².